The molecule has 7 heteroatoms. The number of phenolic OH excluding ortho intramolecular Hbond substituents is 1. The number of nitrogens with zero attached hydrogens (tertiary/aromatic N) is 1. The van der Waals surface area contributed by atoms with Crippen LogP contribution in [0.15, 0.2) is 23.9 Å². The first kappa shape index (κ1) is 15.5. The van der Waals surface area contributed by atoms with E-state index < -0.39 is 0 Å². The Bertz CT molecular complexity index is 648. The third kappa shape index (κ3) is 2.64. The Morgan fingerprint density at radius 2 is 2.14 bits per heavy atom. The summed E-state index contributed by atoms with van der Waals surface area (Å²) in [6, 6.07) is 2.81. The van der Waals surface area contributed by atoms with Crippen LogP contribution < -0.4 is 5.32 Å². The first-order valence-electron chi connectivity index (χ1n) is 7.06. The number of carbonyl (C=O) groups is 1. The van der Waals surface area contributed by atoms with Gasteiger partial charge in [-0.2, -0.15) is 0 Å². The zero-order valence-corrected chi connectivity index (χ0v) is 13.2. The lowest BCUT2D eigenvalue weighted by molar-refractivity contribution is -0.122. The Hall–Kier alpha value is -1.43. The fourth-order valence-electron chi connectivity index (χ4n) is 3.01. The molecule has 0 aromatic heterocycles. The molecule has 0 spiro atoms. The van der Waals surface area contributed by atoms with Crippen molar-refractivity contribution in [2.75, 3.05) is 19.7 Å². The van der Waals surface area contributed by atoms with Gasteiger partial charge in [-0.25, -0.2) is 0 Å². The topological polar surface area (TPSA) is 72.8 Å². The Morgan fingerprint density at radius 1 is 1.36 bits per heavy atom. The standard InChI is InChI=1S/C15H16Cl2N2O3/c16-10-1-2-12(21)13(14(10)17)8-3-4-19-6-9(7-20)18-15(22)11(19)5-8/h1-2,5,8-9,20-21H,3-4,6-7H2,(H,18,22)/t8-,9-/m0/s1. The number of benzene rings is 1. The normalized spacial score (nSPS) is 24.6. The van der Waals surface area contributed by atoms with E-state index in [9.17, 15) is 15.0 Å². The van der Waals surface area contributed by atoms with Crippen LogP contribution in [-0.2, 0) is 4.79 Å². The molecule has 1 aromatic rings. The lowest BCUT2D eigenvalue weighted by atomic mass is 9.89. The monoisotopic (exact) mass is 342 g/mol. The van der Waals surface area contributed by atoms with Crippen LogP contribution in [-0.4, -0.2) is 46.8 Å². The van der Waals surface area contributed by atoms with Gasteiger partial charge in [0.1, 0.15) is 5.75 Å². The lowest BCUT2D eigenvalue weighted by Crippen LogP contribution is -2.55. The Balaban J connectivity index is 1.95. The number of nitrogens with one attached hydrogen (secondary N) is 1. The maximum Gasteiger partial charge on any atom is 0.267 e. The van der Waals surface area contributed by atoms with Crippen molar-refractivity contribution < 1.29 is 15.0 Å². The molecular formula is C15H16Cl2N2O3. The van der Waals surface area contributed by atoms with Crippen LogP contribution in [0.3, 0.4) is 0 Å². The molecule has 22 heavy (non-hydrogen) atoms. The summed E-state index contributed by atoms with van der Waals surface area (Å²) in [7, 11) is 0. The van der Waals surface area contributed by atoms with Gasteiger partial charge in [-0.15, -0.1) is 0 Å². The third-order valence-corrected chi connectivity index (χ3v) is 4.94. The average molecular weight is 343 g/mol. The van der Waals surface area contributed by atoms with Crippen molar-refractivity contribution in [2.24, 2.45) is 0 Å². The maximum atomic E-state index is 12.2. The summed E-state index contributed by atoms with van der Waals surface area (Å²) in [4.78, 5) is 14.1. The van der Waals surface area contributed by atoms with Gasteiger partial charge in [0.2, 0.25) is 0 Å². The number of rotatable bonds is 2. The molecule has 2 heterocycles. The van der Waals surface area contributed by atoms with Crippen LogP contribution >= 0.6 is 23.2 Å². The van der Waals surface area contributed by atoms with Crippen molar-refractivity contribution in [3.63, 3.8) is 0 Å². The van der Waals surface area contributed by atoms with Gasteiger partial charge < -0.3 is 20.4 Å². The van der Waals surface area contributed by atoms with Crippen LogP contribution in [0, 0.1) is 0 Å². The predicted octanol–water partition coefficient (Wildman–Crippen LogP) is 1.86. The summed E-state index contributed by atoms with van der Waals surface area (Å²) in [6.45, 7) is 1.15. The number of fused-ring (bicyclic) bond motifs is 1. The van der Waals surface area contributed by atoms with E-state index in [1.54, 1.807) is 6.07 Å². The summed E-state index contributed by atoms with van der Waals surface area (Å²) in [5.74, 6) is -0.310. The maximum absolute atomic E-state index is 12.2. The quantitative estimate of drug-likeness (QED) is 0.767. The van der Waals surface area contributed by atoms with Crippen molar-refractivity contribution in [2.45, 2.75) is 18.4 Å². The molecule has 3 N–H and O–H groups in total. The van der Waals surface area contributed by atoms with Gasteiger partial charge in [0.25, 0.3) is 5.91 Å². The largest absolute Gasteiger partial charge is 0.508 e. The molecular weight excluding hydrogens is 327 g/mol. The van der Waals surface area contributed by atoms with Crippen LogP contribution in [0.4, 0.5) is 0 Å². The number of aliphatic hydroxyl groups is 1. The molecule has 2 aliphatic heterocycles. The number of halogens is 2. The number of hydrogen-bond donors (Lipinski definition) is 3. The number of piperazine rings is 1. The van der Waals surface area contributed by atoms with Crippen LogP contribution in [0.5, 0.6) is 5.75 Å². The van der Waals surface area contributed by atoms with E-state index in [4.69, 9.17) is 23.2 Å². The molecule has 0 aliphatic carbocycles. The van der Waals surface area contributed by atoms with Gasteiger partial charge in [-0.05, 0) is 24.6 Å². The predicted molar refractivity (Wildman–Crippen MR) is 84.2 cm³/mol. The van der Waals surface area contributed by atoms with Crippen LogP contribution in [0.1, 0.15) is 17.9 Å². The minimum atomic E-state index is -0.246. The molecule has 5 nitrogen and oxygen atoms in total. The average Bonchev–Trinajstić information content (AvgIpc) is 2.51. The highest BCUT2D eigenvalue weighted by Crippen LogP contribution is 2.41. The molecule has 1 amide bonds. The van der Waals surface area contributed by atoms with Crippen molar-refractivity contribution >= 4 is 29.1 Å². The lowest BCUT2D eigenvalue weighted by Gasteiger charge is -2.39. The van der Waals surface area contributed by atoms with Gasteiger partial charge in [0, 0.05) is 24.6 Å². The first-order valence-corrected chi connectivity index (χ1v) is 7.82. The summed E-state index contributed by atoms with van der Waals surface area (Å²) in [6.07, 6.45) is 2.52. The van der Waals surface area contributed by atoms with E-state index in [0.717, 1.165) is 0 Å². The van der Waals surface area contributed by atoms with E-state index in [1.807, 2.05) is 11.0 Å². The summed E-state index contributed by atoms with van der Waals surface area (Å²) >= 11 is 12.2. The van der Waals surface area contributed by atoms with Crippen LogP contribution in [0.2, 0.25) is 10.0 Å². The number of allylic oxidation sites excluding steroid dienone is 1. The highest BCUT2D eigenvalue weighted by Gasteiger charge is 2.33. The molecule has 2 aliphatic rings. The molecule has 0 unspecified atom stereocenters. The molecule has 0 radical (unpaired) electrons. The van der Waals surface area contributed by atoms with Crippen molar-refractivity contribution in [3.8, 4) is 5.75 Å². The molecule has 0 bridgehead atoms. The number of carbonyl (C=O) groups excluding carboxylic acids is 1. The fourth-order valence-corrected chi connectivity index (χ4v) is 3.48. The second kappa shape index (κ2) is 5.99. The van der Waals surface area contributed by atoms with Crippen molar-refractivity contribution in [1.82, 2.24) is 10.2 Å². The van der Waals surface area contributed by atoms with Crippen LogP contribution in [0.25, 0.3) is 0 Å². The van der Waals surface area contributed by atoms with E-state index in [1.165, 1.54) is 6.07 Å². The van der Waals surface area contributed by atoms with Crippen molar-refractivity contribution in [1.29, 1.82) is 0 Å². The zero-order chi connectivity index (χ0) is 15.9. The van der Waals surface area contributed by atoms with Gasteiger partial charge in [0.05, 0.1) is 28.4 Å². The number of amides is 1. The molecule has 1 saturated heterocycles. The summed E-state index contributed by atoms with van der Waals surface area (Å²) < 4.78 is 0. The van der Waals surface area contributed by atoms with Gasteiger partial charge >= 0.3 is 0 Å². The Morgan fingerprint density at radius 3 is 2.86 bits per heavy atom. The number of aliphatic hydroxyl groups excluding tert-OH is 1. The molecule has 1 fully saturated rings. The van der Waals surface area contributed by atoms with E-state index in [2.05, 4.69) is 5.32 Å². The van der Waals surface area contributed by atoms with Crippen molar-refractivity contribution in [3.05, 3.63) is 39.5 Å². The van der Waals surface area contributed by atoms with Gasteiger partial charge in [-0.3, -0.25) is 4.79 Å². The smallest absolute Gasteiger partial charge is 0.267 e. The second-order valence-corrected chi connectivity index (χ2v) is 6.33. The molecule has 1 aromatic carbocycles. The molecule has 118 valence electrons. The van der Waals surface area contributed by atoms with E-state index in [0.29, 0.717) is 40.8 Å². The zero-order valence-electron chi connectivity index (χ0n) is 11.7. The third-order valence-electron chi connectivity index (χ3n) is 4.12. The number of hydrogen-bond acceptors (Lipinski definition) is 4. The summed E-state index contributed by atoms with van der Waals surface area (Å²) in [5.41, 5.74) is 1.11. The van der Waals surface area contributed by atoms with E-state index in [-0.39, 0.29) is 30.2 Å². The van der Waals surface area contributed by atoms with Gasteiger partial charge in [0.15, 0.2) is 0 Å². The fraction of sp³-hybridized carbons (Fsp3) is 0.400. The Labute approximate surface area is 138 Å². The highest BCUT2D eigenvalue weighted by atomic mass is 35.5. The SMILES string of the molecule is O=C1N[C@H](CO)CN2CC[C@H](c3c(O)ccc(Cl)c3Cl)C=C12. The number of aromatic hydroxyl groups is 1. The summed E-state index contributed by atoms with van der Waals surface area (Å²) in [5, 5.41) is 22.8. The Kier molecular flexibility index (Phi) is 4.21. The van der Waals surface area contributed by atoms with E-state index >= 15 is 0 Å². The molecule has 0 saturated carbocycles. The first-order chi connectivity index (χ1) is 10.5. The number of phenols is 1. The second-order valence-electron chi connectivity index (χ2n) is 5.54. The minimum Gasteiger partial charge on any atom is -0.508 e. The minimum absolute atomic E-state index is 0.0779. The molecule has 2 atom stereocenters. The molecule has 3 rings (SSSR count). The highest BCUT2D eigenvalue weighted by molar-refractivity contribution is 6.42. The van der Waals surface area contributed by atoms with Gasteiger partial charge in [-0.1, -0.05) is 23.2 Å².